The molecule has 2 atom stereocenters. The van der Waals surface area contributed by atoms with Crippen molar-refractivity contribution < 1.29 is 9.18 Å². The summed E-state index contributed by atoms with van der Waals surface area (Å²) in [4.78, 5) is 24.2. The molecule has 6 heteroatoms. The third-order valence-corrected chi connectivity index (χ3v) is 6.44. The monoisotopic (exact) mass is 409 g/mol. The number of carbonyl (C=O) groups is 1. The first kappa shape index (κ1) is 19.8. The van der Waals surface area contributed by atoms with Gasteiger partial charge < -0.3 is 4.90 Å². The van der Waals surface area contributed by atoms with Crippen LogP contribution in [0.4, 0.5) is 4.39 Å². The van der Waals surface area contributed by atoms with Crippen LogP contribution in [-0.4, -0.2) is 38.6 Å². The van der Waals surface area contributed by atoms with E-state index in [9.17, 15) is 9.18 Å². The molecule has 0 bridgehead atoms. The van der Waals surface area contributed by atoms with E-state index in [1.807, 2.05) is 35.2 Å². The van der Waals surface area contributed by atoms with Gasteiger partial charge in [-0.1, -0.05) is 42.1 Å². The summed E-state index contributed by atoms with van der Waals surface area (Å²) in [5, 5.41) is 1.28. The molecule has 1 saturated heterocycles. The van der Waals surface area contributed by atoms with Crippen molar-refractivity contribution in [2.75, 3.05) is 5.75 Å². The largest absolute Gasteiger partial charge is 0.337 e. The van der Waals surface area contributed by atoms with Crippen LogP contribution in [0.25, 0.3) is 22.3 Å². The minimum absolute atomic E-state index is 0.110. The Hall–Kier alpha value is -2.47. The van der Waals surface area contributed by atoms with Crippen molar-refractivity contribution in [1.82, 2.24) is 14.9 Å². The summed E-state index contributed by atoms with van der Waals surface area (Å²) in [6.07, 6.45) is 3.25. The number of aromatic nitrogens is 2. The zero-order valence-electron chi connectivity index (χ0n) is 16.6. The average molecular weight is 410 g/mol. The van der Waals surface area contributed by atoms with E-state index >= 15 is 0 Å². The number of halogens is 1. The third kappa shape index (κ3) is 4.27. The molecule has 4 nitrogen and oxygen atoms in total. The molecular weight excluding hydrogens is 385 g/mol. The number of rotatable bonds is 4. The molecule has 1 aliphatic heterocycles. The predicted molar refractivity (Wildman–Crippen MR) is 115 cm³/mol. The van der Waals surface area contributed by atoms with Crippen molar-refractivity contribution in [2.24, 2.45) is 0 Å². The Balaban J connectivity index is 1.65. The van der Waals surface area contributed by atoms with Crippen molar-refractivity contribution in [1.29, 1.82) is 0 Å². The third-order valence-electron chi connectivity index (χ3n) is 5.47. The number of benzene rings is 2. The molecule has 1 aromatic heterocycles. The lowest BCUT2D eigenvalue weighted by atomic mass is 9.98. The molecule has 0 N–H and O–H groups in total. The normalized spacial score (nSPS) is 19.5. The van der Waals surface area contributed by atoms with Crippen LogP contribution >= 0.6 is 11.8 Å². The Morgan fingerprint density at radius 2 is 1.83 bits per heavy atom. The summed E-state index contributed by atoms with van der Waals surface area (Å²) in [6, 6.07) is 14.7. The lowest BCUT2D eigenvalue weighted by Crippen LogP contribution is -2.48. The molecular formula is C23H24FN3OS. The Kier molecular flexibility index (Phi) is 5.81. The van der Waals surface area contributed by atoms with Gasteiger partial charge in [0, 0.05) is 23.0 Å². The van der Waals surface area contributed by atoms with Crippen LogP contribution in [0.5, 0.6) is 0 Å². The fourth-order valence-electron chi connectivity index (χ4n) is 4.02. The smallest absolute Gasteiger partial charge is 0.233 e. The van der Waals surface area contributed by atoms with E-state index in [-0.39, 0.29) is 29.6 Å². The maximum atomic E-state index is 13.9. The van der Waals surface area contributed by atoms with E-state index in [0.717, 1.165) is 24.8 Å². The van der Waals surface area contributed by atoms with E-state index in [4.69, 9.17) is 0 Å². The zero-order valence-corrected chi connectivity index (χ0v) is 17.5. The number of nitrogens with zero attached hydrogens (tertiary/aromatic N) is 3. The minimum atomic E-state index is -0.333. The van der Waals surface area contributed by atoms with E-state index in [0.29, 0.717) is 21.8 Å². The van der Waals surface area contributed by atoms with Gasteiger partial charge in [-0.2, -0.15) is 0 Å². The van der Waals surface area contributed by atoms with Crippen LogP contribution in [-0.2, 0) is 4.79 Å². The van der Waals surface area contributed by atoms with Crippen molar-refractivity contribution in [3.63, 3.8) is 0 Å². The van der Waals surface area contributed by atoms with E-state index in [2.05, 4.69) is 23.8 Å². The van der Waals surface area contributed by atoms with Gasteiger partial charge in [-0.3, -0.25) is 4.79 Å². The van der Waals surface area contributed by atoms with Gasteiger partial charge in [0.2, 0.25) is 5.91 Å². The molecule has 4 rings (SSSR count). The van der Waals surface area contributed by atoms with Gasteiger partial charge in [0.05, 0.1) is 11.3 Å². The molecule has 2 heterocycles. The quantitative estimate of drug-likeness (QED) is 0.432. The second-order valence-corrected chi connectivity index (χ2v) is 8.56. The fraction of sp³-hybridized carbons (Fsp3) is 0.348. The highest BCUT2D eigenvalue weighted by Crippen LogP contribution is 2.30. The highest BCUT2D eigenvalue weighted by atomic mass is 32.2. The SMILES string of the molecule is C[C@H]1CCC[C@H](C)N1C(=O)CSc1nc(-c2ccccc2)nc2ccc(F)cc12. The number of hydrogen-bond donors (Lipinski definition) is 0. The van der Waals surface area contributed by atoms with E-state index in [1.165, 1.54) is 23.9 Å². The first-order valence-corrected chi connectivity index (χ1v) is 11.0. The second-order valence-electron chi connectivity index (χ2n) is 7.60. The molecule has 0 radical (unpaired) electrons. The van der Waals surface area contributed by atoms with Crippen LogP contribution in [0.2, 0.25) is 0 Å². The van der Waals surface area contributed by atoms with Gasteiger partial charge in [-0.15, -0.1) is 0 Å². The van der Waals surface area contributed by atoms with E-state index in [1.54, 1.807) is 6.07 Å². The van der Waals surface area contributed by atoms with Crippen LogP contribution in [0, 0.1) is 5.82 Å². The Morgan fingerprint density at radius 1 is 1.10 bits per heavy atom. The number of fused-ring (bicyclic) bond motifs is 1. The molecule has 29 heavy (non-hydrogen) atoms. The Labute approximate surface area is 174 Å². The van der Waals surface area contributed by atoms with Gasteiger partial charge >= 0.3 is 0 Å². The van der Waals surface area contributed by atoms with Gasteiger partial charge in [0.25, 0.3) is 0 Å². The summed E-state index contributed by atoms with van der Waals surface area (Å²) in [7, 11) is 0. The first-order valence-electron chi connectivity index (χ1n) is 9.99. The second kappa shape index (κ2) is 8.49. The van der Waals surface area contributed by atoms with Crippen molar-refractivity contribution in [3.8, 4) is 11.4 Å². The molecule has 0 spiro atoms. The maximum absolute atomic E-state index is 13.9. The molecule has 0 aliphatic carbocycles. The van der Waals surface area contributed by atoms with Crippen molar-refractivity contribution in [3.05, 3.63) is 54.3 Å². The summed E-state index contributed by atoms with van der Waals surface area (Å²) < 4.78 is 13.9. The summed E-state index contributed by atoms with van der Waals surface area (Å²) >= 11 is 1.36. The number of piperidine rings is 1. The standard InChI is InChI=1S/C23H24FN3OS/c1-15-7-6-8-16(2)27(15)21(28)14-29-23-19-13-18(24)11-12-20(19)25-22(26-23)17-9-4-3-5-10-17/h3-5,9-13,15-16H,6-8,14H2,1-2H3/t15-,16-/m0/s1. The Bertz CT molecular complexity index is 1020. The van der Waals surface area contributed by atoms with Crippen LogP contribution in [0.15, 0.2) is 53.6 Å². The number of thioether (sulfide) groups is 1. The summed E-state index contributed by atoms with van der Waals surface area (Å²) in [5.74, 6) is 0.643. The summed E-state index contributed by atoms with van der Waals surface area (Å²) in [5.41, 5.74) is 1.57. The van der Waals surface area contributed by atoms with Gasteiger partial charge in [0.15, 0.2) is 5.82 Å². The van der Waals surface area contributed by atoms with Gasteiger partial charge in [-0.05, 0) is 51.3 Å². The average Bonchev–Trinajstić information content (AvgIpc) is 2.72. The molecule has 1 fully saturated rings. The highest BCUT2D eigenvalue weighted by Gasteiger charge is 2.29. The molecule has 1 aliphatic rings. The fourth-order valence-corrected chi connectivity index (χ4v) is 4.90. The molecule has 3 aromatic rings. The number of amides is 1. The van der Waals surface area contributed by atoms with Crippen LogP contribution in [0.3, 0.4) is 0 Å². The highest BCUT2D eigenvalue weighted by molar-refractivity contribution is 8.00. The number of carbonyl (C=O) groups excluding carboxylic acids is 1. The van der Waals surface area contributed by atoms with Gasteiger partial charge in [0.1, 0.15) is 10.8 Å². The van der Waals surface area contributed by atoms with Gasteiger partial charge in [-0.25, -0.2) is 14.4 Å². The molecule has 2 aromatic carbocycles. The van der Waals surface area contributed by atoms with E-state index < -0.39 is 0 Å². The lowest BCUT2D eigenvalue weighted by Gasteiger charge is -2.39. The maximum Gasteiger partial charge on any atom is 0.233 e. The lowest BCUT2D eigenvalue weighted by molar-refractivity contribution is -0.134. The topological polar surface area (TPSA) is 46.1 Å². The minimum Gasteiger partial charge on any atom is -0.337 e. The van der Waals surface area contributed by atoms with Crippen LogP contribution < -0.4 is 0 Å². The molecule has 0 saturated carbocycles. The zero-order chi connectivity index (χ0) is 20.4. The van der Waals surface area contributed by atoms with Crippen molar-refractivity contribution >= 4 is 28.6 Å². The number of likely N-dealkylation sites (tertiary alicyclic amines) is 1. The molecule has 0 unspecified atom stereocenters. The molecule has 1 amide bonds. The Morgan fingerprint density at radius 3 is 2.55 bits per heavy atom. The predicted octanol–water partition coefficient (Wildman–Crippen LogP) is 5.32. The van der Waals surface area contributed by atoms with Crippen molar-refractivity contribution in [2.45, 2.75) is 50.2 Å². The van der Waals surface area contributed by atoms with Crippen LogP contribution in [0.1, 0.15) is 33.1 Å². The first-order chi connectivity index (χ1) is 14.0. The summed E-state index contributed by atoms with van der Waals surface area (Å²) in [6.45, 7) is 4.22. The molecule has 150 valence electrons. The number of hydrogen-bond acceptors (Lipinski definition) is 4.